The third-order valence-corrected chi connectivity index (χ3v) is 7.39. The largest absolute Gasteiger partial charge is 0.480 e. The van der Waals surface area contributed by atoms with Gasteiger partial charge in [-0.15, -0.1) is 0 Å². The first kappa shape index (κ1) is 32.9. The second-order valence-electron chi connectivity index (χ2n) is 9.84. The van der Waals surface area contributed by atoms with Gasteiger partial charge in [0, 0.05) is 77.7 Å². The lowest BCUT2D eigenvalue weighted by atomic mass is 10.2. The quantitative estimate of drug-likeness (QED) is 0.264. The van der Waals surface area contributed by atoms with Gasteiger partial charge >= 0.3 is 17.9 Å². The van der Waals surface area contributed by atoms with E-state index in [0.717, 1.165) is 36.0 Å². The van der Waals surface area contributed by atoms with Crippen LogP contribution in [-0.2, 0) is 27.5 Å². The molecule has 39 heavy (non-hydrogen) atoms. The van der Waals surface area contributed by atoms with E-state index in [4.69, 9.17) is 4.98 Å². The van der Waals surface area contributed by atoms with E-state index >= 15 is 0 Å². The Morgan fingerprint density at radius 1 is 0.795 bits per heavy atom. The fourth-order valence-electron chi connectivity index (χ4n) is 4.44. The van der Waals surface area contributed by atoms with Crippen molar-refractivity contribution in [3.8, 4) is 0 Å². The molecular formula is C26H44N6O6S. The van der Waals surface area contributed by atoms with Gasteiger partial charge in [-0.2, -0.15) is 11.8 Å². The standard InChI is InChI=1S/C26H44N6O6S/c1-3-39-16-15-28(2)17-22-5-4-6-23(27-22)18-29-7-9-30(19-24(33)34)11-13-32(21-26(37)38)14-12-31(10-8-29)20-25(35)36/h4-6H,3,7-21H2,1-2H3,(H,33,34)(H,35,36)(H,37,38). The third kappa shape index (κ3) is 14.6. The Morgan fingerprint density at radius 2 is 1.23 bits per heavy atom. The maximum absolute atomic E-state index is 11.5. The summed E-state index contributed by atoms with van der Waals surface area (Å²) in [6, 6.07) is 6.02. The molecule has 1 saturated heterocycles. The van der Waals surface area contributed by atoms with Crippen LogP contribution in [0, 0.1) is 0 Å². The van der Waals surface area contributed by atoms with E-state index in [-0.39, 0.29) is 19.6 Å². The molecule has 0 unspecified atom stereocenters. The van der Waals surface area contributed by atoms with Crippen LogP contribution >= 0.6 is 11.8 Å². The molecule has 0 spiro atoms. The lowest BCUT2D eigenvalue weighted by Gasteiger charge is -2.33. The molecule has 1 aliphatic rings. The van der Waals surface area contributed by atoms with E-state index < -0.39 is 17.9 Å². The number of aromatic nitrogens is 1. The van der Waals surface area contributed by atoms with Crippen LogP contribution in [0.15, 0.2) is 18.2 Å². The molecule has 3 N–H and O–H groups in total. The van der Waals surface area contributed by atoms with Crippen LogP contribution in [-0.4, -0.2) is 160 Å². The molecule has 1 aromatic heterocycles. The Labute approximate surface area is 235 Å². The summed E-state index contributed by atoms with van der Waals surface area (Å²) in [7, 11) is 2.09. The van der Waals surface area contributed by atoms with Gasteiger partial charge < -0.3 is 15.3 Å². The zero-order valence-corrected chi connectivity index (χ0v) is 24.0. The molecule has 0 aliphatic carbocycles. The van der Waals surface area contributed by atoms with Crippen molar-refractivity contribution >= 4 is 29.7 Å². The van der Waals surface area contributed by atoms with Gasteiger partial charge in [-0.25, -0.2) is 0 Å². The van der Waals surface area contributed by atoms with Gasteiger partial charge in [0.1, 0.15) is 0 Å². The summed E-state index contributed by atoms with van der Waals surface area (Å²) in [4.78, 5) is 49.0. The minimum absolute atomic E-state index is 0.129. The molecule has 1 aliphatic heterocycles. The number of pyridine rings is 1. The summed E-state index contributed by atoms with van der Waals surface area (Å²) in [5.41, 5.74) is 1.91. The number of rotatable bonds is 14. The van der Waals surface area contributed by atoms with Gasteiger partial charge in [-0.1, -0.05) is 13.0 Å². The maximum Gasteiger partial charge on any atom is 0.317 e. The summed E-state index contributed by atoms with van der Waals surface area (Å²) < 4.78 is 0. The summed E-state index contributed by atoms with van der Waals surface area (Å²) in [6.45, 7) is 7.74. The summed E-state index contributed by atoms with van der Waals surface area (Å²) in [5.74, 6) is -0.646. The highest BCUT2D eigenvalue weighted by molar-refractivity contribution is 7.99. The lowest BCUT2D eigenvalue weighted by molar-refractivity contribution is -0.140. The smallest absolute Gasteiger partial charge is 0.317 e. The van der Waals surface area contributed by atoms with Crippen molar-refractivity contribution in [2.45, 2.75) is 20.0 Å². The lowest BCUT2D eigenvalue weighted by Crippen LogP contribution is -2.48. The molecule has 220 valence electrons. The molecule has 12 nitrogen and oxygen atoms in total. The van der Waals surface area contributed by atoms with E-state index in [1.807, 2.05) is 39.8 Å². The average Bonchev–Trinajstić information content (AvgIpc) is 2.85. The monoisotopic (exact) mass is 568 g/mol. The Morgan fingerprint density at radius 3 is 1.67 bits per heavy atom. The first-order chi connectivity index (χ1) is 18.6. The van der Waals surface area contributed by atoms with Gasteiger partial charge in [-0.3, -0.25) is 43.9 Å². The average molecular weight is 569 g/mol. The normalized spacial score (nSPS) is 17.5. The Balaban J connectivity index is 2.14. The number of carboxylic acids is 3. The number of hydrogen-bond acceptors (Lipinski definition) is 10. The minimum Gasteiger partial charge on any atom is -0.480 e. The van der Waals surface area contributed by atoms with Crippen molar-refractivity contribution in [2.24, 2.45) is 0 Å². The van der Waals surface area contributed by atoms with Crippen LogP contribution in [0.2, 0.25) is 0 Å². The zero-order chi connectivity index (χ0) is 28.6. The topological polar surface area (TPSA) is 141 Å². The van der Waals surface area contributed by atoms with Crippen LogP contribution in [0.4, 0.5) is 0 Å². The van der Waals surface area contributed by atoms with E-state index in [2.05, 4.69) is 23.8 Å². The van der Waals surface area contributed by atoms with Gasteiger partial charge in [0.05, 0.1) is 31.0 Å². The van der Waals surface area contributed by atoms with Crippen LogP contribution in [0.25, 0.3) is 0 Å². The van der Waals surface area contributed by atoms with E-state index in [1.165, 1.54) is 0 Å². The second-order valence-corrected chi connectivity index (χ2v) is 11.2. The number of aliphatic carboxylic acids is 3. The number of hydrogen-bond donors (Lipinski definition) is 3. The van der Waals surface area contributed by atoms with Crippen molar-refractivity contribution in [3.05, 3.63) is 29.6 Å². The number of carbonyl (C=O) groups is 3. The number of carboxylic acid groups (broad SMARTS) is 3. The predicted molar refractivity (Wildman–Crippen MR) is 151 cm³/mol. The van der Waals surface area contributed by atoms with Crippen LogP contribution in [0.3, 0.4) is 0 Å². The first-order valence-electron chi connectivity index (χ1n) is 13.4. The Bertz CT molecular complexity index is 877. The number of thioether (sulfide) groups is 1. The highest BCUT2D eigenvalue weighted by Gasteiger charge is 2.20. The van der Waals surface area contributed by atoms with Gasteiger partial charge in [0.2, 0.25) is 0 Å². The van der Waals surface area contributed by atoms with Crippen molar-refractivity contribution in [2.75, 3.05) is 97.1 Å². The van der Waals surface area contributed by atoms with Crippen LogP contribution in [0.1, 0.15) is 18.3 Å². The Kier molecular flexibility index (Phi) is 15.3. The third-order valence-electron chi connectivity index (χ3n) is 6.51. The molecule has 2 rings (SSSR count). The highest BCUT2D eigenvalue weighted by Crippen LogP contribution is 2.09. The molecule has 2 heterocycles. The summed E-state index contributed by atoms with van der Waals surface area (Å²) >= 11 is 1.91. The fourth-order valence-corrected chi connectivity index (χ4v) is 5.17. The van der Waals surface area contributed by atoms with Crippen LogP contribution in [0.5, 0.6) is 0 Å². The first-order valence-corrected chi connectivity index (χ1v) is 14.6. The van der Waals surface area contributed by atoms with Gasteiger partial charge in [-0.05, 0) is 24.9 Å². The SMILES string of the molecule is CCSCCN(C)Cc1cccc(CN2CCN(CC(=O)O)CCN(CC(=O)O)CCN(CC(=O)O)CC2)n1. The van der Waals surface area contributed by atoms with E-state index in [9.17, 15) is 29.7 Å². The molecular weight excluding hydrogens is 524 g/mol. The van der Waals surface area contributed by atoms with Crippen molar-refractivity contribution in [3.63, 3.8) is 0 Å². The van der Waals surface area contributed by atoms with Crippen molar-refractivity contribution < 1.29 is 29.7 Å². The summed E-state index contributed by atoms with van der Waals surface area (Å²) in [6.07, 6.45) is 0. The molecule has 0 amide bonds. The Hall–Kier alpha value is -2.29. The molecule has 0 aromatic carbocycles. The predicted octanol–water partition coefficient (Wildman–Crippen LogP) is 0.242. The van der Waals surface area contributed by atoms with E-state index in [1.54, 1.807) is 4.90 Å². The molecule has 0 bridgehead atoms. The van der Waals surface area contributed by atoms with E-state index in [0.29, 0.717) is 58.9 Å². The van der Waals surface area contributed by atoms with Crippen molar-refractivity contribution in [1.29, 1.82) is 0 Å². The maximum atomic E-state index is 11.5. The number of nitrogens with zero attached hydrogens (tertiary/aromatic N) is 6. The molecule has 1 fully saturated rings. The van der Waals surface area contributed by atoms with Gasteiger partial charge in [0.25, 0.3) is 0 Å². The molecule has 1 aromatic rings. The fraction of sp³-hybridized carbons (Fsp3) is 0.692. The van der Waals surface area contributed by atoms with Crippen LogP contribution < -0.4 is 0 Å². The highest BCUT2D eigenvalue weighted by atomic mass is 32.2. The second kappa shape index (κ2) is 18.1. The zero-order valence-electron chi connectivity index (χ0n) is 23.2. The van der Waals surface area contributed by atoms with Crippen molar-refractivity contribution in [1.82, 2.24) is 29.5 Å². The minimum atomic E-state index is -0.969. The molecule has 0 radical (unpaired) electrons. The molecule has 0 atom stereocenters. The molecule has 0 saturated carbocycles. The molecule has 13 heteroatoms. The summed E-state index contributed by atoms with van der Waals surface area (Å²) in [5, 5.41) is 28.1. The van der Waals surface area contributed by atoms with Gasteiger partial charge in [0.15, 0.2) is 0 Å².